The van der Waals surface area contributed by atoms with Crippen LogP contribution in [0.1, 0.15) is 46.1 Å². The summed E-state index contributed by atoms with van der Waals surface area (Å²) in [5.41, 5.74) is -4.07. The standard InChI is InChI=1S/C25H26F3N3O5S/c1-14(2)18-6-10-20(11-7-18)31-15(3)22(16(4)32)24(23(31)34,25(26,27)28)30-37(35,36)21-12-8-19(9-13-21)29-17(5)33/h6-14,30H,1-5H3,(H,29,33)/t24-/m1/s1. The van der Waals surface area contributed by atoms with Crippen LogP contribution >= 0.6 is 0 Å². The fraction of sp³-hybridized carbons (Fsp3) is 0.320. The first-order valence-corrected chi connectivity index (χ1v) is 12.7. The van der Waals surface area contributed by atoms with E-state index in [1.54, 1.807) is 12.1 Å². The zero-order chi connectivity index (χ0) is 27.9. The lowest BCUT2D eigenvalue weighted by molar-refractivity contribution is -0.183. The minimum Gasteiger partial charge on any atom is -0.326 e. The number of amides is 2. The molecule has 0 spiro atoms. The Morgan fingerprint density at radius 2 is 1.51 bits per heavy atom. The third kappa shape index (κ3) is 5.03. The van der Waals surface area contributed by atoms with Gasteiger partial charge in [-0.2, -0.15) is 17.9 Å². The van der Waals surface area contributed by atoms with Crippen molar-refractivity contribution in [3.8, 4) is 0 Å². The number of ketones is 1. The van der Waals surface area contributed by atoms with Gasteiger partial charge in [-0.1, -0.05) is 26.0 Å². The van der Waals surface area contributed by atoms with E-state index in [9.17, 15) is 36.0 Å². The van der Waals surface area contributed by atoms with Crippen molar-refractivity contribution in [3.63, 3.8) is 0 Å². The highest BCUT2D eigenvalue weighted by Gasteiger charge is 2.70. The average Bonchev–Trinajstić information content (AvgIpc) is 3.00. The Morgan fingerprint density at radius 3 is 1.95 bits per heavy atom. The smallest absolute Gasteiger partial charge is 0.326 e. The van der Waals surface area contributed by atoms with Crippen LogP contribution in [0.2, 0.25) is 0 Å². The maximum absolute atomic E-state index is 14.8. The highest BCUT2D eigenvalue weighted by atomic mass is 32.2. The number of nitrogens with zero attached hydrogens (tertiary/aromatic N) is 1. The summed E-state index contributed by atoms with van der Waals surface area (Å²) in [6.07, 6.45) is -5.51. The van der Waals surface area contributed by atoms with Gasteiger partial charge in [0.2, 0.25) is 21.5 Å². The van der Waals surface area contributed by atoms with E-state index in [0.717, 1.165) is 31.5 Å². The molecule has 2 N–H and O–H groups in total. The van der Waals surface area contributed by atoms with E-state index in [2.05, 4.69) is 5.32 Å². The monoisotopic (exact) mass is 537 g/mol. The van der Waals surface area contributed by atoms with Crippen molar-refractivity contribution in [1.82, 2.24) is 4.72 Å². The summed E-state index contributed by atoms with van der Waals surface area (Å²) in [6.45, 7) is 7.07. The maximum atomic E-state index is 14.8. The number of alkyl halides is 3. The average molecular weight is 538 g/mol. The number of carbonyl (C=O) groups excluding carboxylic acids is 3. The van der Waals surface area contributed by atoms with Crippen LogP contribution in [0.5, 0.6) is 0 Å². The second-order valence-electron chi connectivity index (χ2n) is 8.96. The van der Waals surface area contributed by atoms with Crippen LogP contribution in [0.3, 0.4) is 0 Å². The van der Waals surface area contributed by atoms with Crippen molar-refractivity contribution in [2.75, 3.05) is 10.2 Å². The number of Topliss-reactive ketones (excluding diaryl/α,β-unsaturated/α-hetero) is 1. The predicted octanol–water partition coefficient (Wildman–Crippen LogP) is 4.26. The van der Waals surface area contributed by atoms with Gasteiger partial charge in [-0.25, -0.2) is 8.42 Å². The highest BCUT2D eigenvalue weighted by molar-refractivity contribution is 7.89. The molecule has 0 aromatic heterocycles. The summed E-state index contributed by atoms with van der Waals surface area (Å²) in [7, 11) is -4.99. The molecule has 3 rings (SSSR count). The summed E-state index contributed by atoms with van der Waals surface area (Å²) >= 11 is 0. The molecule has 0 aliphatic carbocycles. The first-order valence-electron chi connectivity index (χ1n) is 11.2. The molecule has 0 bridgehead atoms. The number of hydrogen-bond donors (Lipinski definition) is 2. The molecular formula is C25H26F3N3O5S. The molecule has 2 aromatic carbocycles. The van der Waals surface area contributed by atoms with Gasteiger partial charge in [0.25, 0.3) is 5.91 Å². The molecule has 0 saturated carbocycles. The van der Waals surface area contributed by atoms with E-state index in [0.29, 0.717) is 4.90 Å². The van der Waals surface area contributed by atoms with E-state index in [1.165, 1.54) is 35.9 Å². The van der Waals surface area contributed by atoms with Crippen molar-refractivity contribution < 1.29 is 36.0 Å². The van der Waals surface area contributed by atoms with Crippen LogP contribution < -0.4 is 14.9 Å². The normalized spacial score (nSPS) is 18.5. The van der Waals surface area contributed by atoms with Crippen LogP contribution in [0.25, 0.3) is 0 Å². The summed E-state index contributed by atoms with van der Waals surface area (Å²) in [4.78, 5) is 37.4. The molecule has 2 aromatic rings. The first-order chi connectivity index (χ1) is 17.0. The molecule has 1 atom stereocenters. The third-order valence-corrected chi connectivity index (χ3v) is 7.43. The van der Waals surface area contributed by atoms with E-state index in [1.807, 2.05) is 13.8 Å². The molecule has 1 heterocycles. The van der Waals surface area contributed by atoms with Crippen LogP contribution in [0, 0.1) is 0 Å². The predicted molar refractivity (Wildman–Crippen MR) is 131 cm³/mol. The van der Waals surface area contributed by atoms with Gasteiger partial charge < -0.3 is 5.32 Å². The van der Waals surface area contributed by atoms with Gasteiger partial charge in [-0.15, -0.1) is 0 Å². The summed E-state index contributed by atoms with van der Waals surface area (Å²) < 4.78 is 72.1. The van der Waals surface area contributed by atoms with Gasteiger partial charge in [0.1, 0.15) is 0 Å². The Hall–Kier alpha value is -3.51. The number of halogens is 3. The van der Waals surface area contributed by atoms with Crippen LogP contribution in [-0.4, -0.2) is 37.7 Å². The maximum Gasteiger partial charge on any atom is 0.421 e. The molecule has 2 amide bonds. The van der Waals surface area contributed by atoms with E-state index < -0.39 is 49.8 Å². The number of benzene rings is 2. The summed E-state index contributed by atoms with van der Waals surface area (Å²) in [5.74, 6) is -3.10. The lowest BCUT2D eigenvalue weighted by Crippen LogP contribution is -2.66. The van der Waals surface area contributed by atoms with Crippen LogP contribution in [0.15, 0.2) is 64.7 Å². The van der Waals surface area contributed by atoms with Gasteiger partial charge in [-0.05, 0) is 61.7 Å². The number of rotatable bonds is 7. The fourth-order valence-electron chi connectivity index (χ4n) is 4.24. The molecule has 1 aliphatic heterocycles. The van der Waals surface area contributed by atoms with Crippen LogP contribution in [0.4, 0.5) is 24.5 Å². The van der Waals surface area contributed by atoms with E-state index in [-0.39, 0.29) is 23.0 Å². The molecule has 0 saturated heterocycles. The summed E-state index contributed by atoms with van der Waals surface area (Å²) in [5, 5.41) is 2.41. The molecule has 1 aliphatic rings. The van der Waals surface area contributed by atoms with Gasteiger partial charge in [0.05, 0.1) is 10.5 Å². The lowest BCUT2D eigenvalue weighted by Gasteiger charge is -2.33. The second-order valence-corrected chi connectivity index (χ2v) is 10.6. The zero-order valence-electron chi connectivity index (χ0n) is 20.7. The Balaban J connectivity index is 2.16. The summed E-state index contributed by atoms with van der Waals surface area (Å²) in [6, 6.07) is 10.5. The molecule has 8 nitrogen and oxygen atoms in total. The highest BCUT2D eigenvalue weighted by Crippen LogP contribution is 2.47. The quantitative estimate of drug-likeness (QED) is 0.548. The number of carbonyl (C=O) groups is 3. The SMILES string of the molecule is CC(=O)Nc1ccc(S(=O)(=O)N[C@@]2(C(F)(F)F)C(=O)N(c3ccc(C(C)C)cc3)C(C)=C2C(C)=O)cc1. The molecule has 37 heavy (non-hydrogen) atoms. The van der Waals surface area contributed by atoms with Crippen molar-refractivity contribution in [1.29, 1.82) is 0 Å². The van der Waals surface area contributed by atoms with Gasteiger partial charge in [0, 0.05) is 24.0 Å². The molecule has 198 valence electrons. The number of sulfonamides is 1. The van der Waals surface area contributed by atoms with Crippen molar-refractivity contribution in [3.05, 3.63) is 65.4 Å². The van der Waals surface area contributed by atoms with Gasteiger partial charge in [-0.3, -0.25) is 19.3 Å². The van der Waals surface area contributed by atoms with Crippen molar-refractivity contribution in [2.45, 2.75) is 57.1 Å². The van der Waals surface area contributed by atoms with Gasteiger partial charge >= 0.3 is 6.18 Å². The molecule has 12 heteroatoms. The van der Waals surface area contributed by atoms with Crippen LogP contribution in [-0.2, 0) is 24.4 Å². The lowest BCUT2D eigenvalue weighted by atomic mass is 9.88. The number of hydrogen-bond acceptors (Lipinski definition) is 5. The zero-order valence-corrected chi connectivity index (χ0v) is 21.5. The first kappa shape index (κ1) is 28.1. The Morgan fingerprint density at radius 1 is 0.973 bits per heavy atom. The van der Waals surface area contributed by atoms with E-state index >= 15 is 0 Å². The van der Waals surface area contributed by atoms with Crippen molar-refractivity contribution >= 4 is 39.0 Å². The van der Waals surface area contributed by atoms with Crippen molar-refractivity contribution in [2.24, 2.45) is 0 Å². The molecular weight excluding hydrogens is 511 g/mol. The molecule has 0 unspecified atom stereocenters. The largest absolute Gasteiger partial charge is 0.421 e. The third-order valence-electron chi connectivity index (χ3n) is 5.96. The van der Waals surface area contributed by atoms with E-state index in [4.69, 9.17) is 0 Å². The topological polar surface area (TPSA) is 113 Å². The number of anilines is 2. The number of nitrogens with one attached hydrogen (secondary N) is 2. The Bertz CT molecular complexity index is 1380. The molecule has 0 radical (unpaired) electrons. The Labute approximate surface area is 212 Å². The second kappa shape index (κ2) is 9.75. The number of allylic oxidation sites excluding steroid dienone is 1. The minimum absolute atomic E-state index is 0.0515. The molecule has 0 fully saturated rings. The minimum atomic E-state index is -5.51. The van der Waals surface area contributed by atoms with Gasteiger partial charge in [0.15, 0.2) is 5.78 Å². The Kier molecular flexibility index (Phi) is 7.39. The fourth-order valence-corrected chi connectivity index (χ4v) is 5.57.